The summed E-state index contributed by atoms with van der Waals surface area (Å²) >= 11 is 7.68. The third kappa shape index (κ3) is 4.56. The molecule has 0 aromatic heterocycles. The van der Waals surface area contributed by atoms with Gasteiger partial charge in [-0.3, -0.25) is 4.79 Å². The molecule has 0 radical (unpaired) electrons. The van der Waals surface area contributed by atoms with Crippen molar-refractivity contribution in [3.05, 3.63) is 40.4 Å². The van der Waals surface area contributed by atoms with Crippen LogP contribution in [0.3, 0.4) is 0 Å². The summed E-state index contributed by atoms with van der Waals surface area (Å²) in [7, 11) is -1.81. The van der Waals surface area contributed by atoms with Gasteiger partial charge >= 0.3 is 0 Å². The van der Waals surface area contributed by atoms with E-state index in [1.165, 1.54) is 0 Å². The Bertz CT molecular complexity index is 706. The summed E-state index contributed by atoms with van der Waals surface area (Å²) in [5.74, 6) is 0.0267. The molecule has 3 nitrogen and oxygen atoms in total. The predicted octanol–water partition coefficient (Wildman–Crippen LogP) is 6.01. The second kappa shape index (κ2) is 7.70. The zero-order valence-electron chi connectivity index (χ0n) is 16.8. The Labute approximate surface area is 168 Å². The first-order valence-corrected chi connectivity index (χ1v) is 13.1. The summed E-state index contributed by atoms with van der Waals surface area (Å²) in [6.07, 6.45) is 0.749. The molecule has 1 N–H and O–H groups in total. The lowest BCUT2D eigenvalue weighted by Crippen LogP contribution is -2.62. The van der Waals surface area contributed by atoms with Gasteiger partial charge in [-0.15, -0.1) is 0 Å². The van der Waals surface area contributed by atoms with Crippen molar-refractivity contribution in [1.82, 2.24) is 5.32 Å². The summed E-state index contributed by atoms with van der Waals surface area (Å²) in [4.78, 5) is 12.9. The van der Waals surface area contributed by atoms with Crippen LogP contribution in [0.1, 0.15) is 41.0 Å². The van der Waals surface area contributed by atoms with Gasteiger partial charge in [0.15, 0.2) is 8.32 Å². The molecule has 1 heterocycles. The summed E-state index contributed by atoms with van der Waals surface area (Å²) in [5.41, 5.74) is 1.93. The molecule has 1 aliphatic heterocycles. The molecule has 0 spiro atoms. The van der Waals surface area contributed by atoms with Gasteiger partial charge < -0.3 is 9.74 Å². The van der Waals surface area contributed by atoms with E-state index in [2.05, 4.69) is 39.2 Å². The van der Waals surface area contributed by atoms with Crippen molar-refractivity contribution in [2.45, 2.75) is 68.9 Å². The number of allylic oxidation sites excluding steroid dienone is 1. The SMILES string of the molecule is CC(C)=C1C(=O)NC1(CCO[Si](C)(C)C(C)(C)C)Sc1ccc(Cl)cc1. The van der Waals surface area contributed by atoms with Gasteiger partial charge in [-0.05, 0) is 56.2 Å². The largest absolute Gasteiger partial charge is 0.417 e. The van der Waals surface area contributed by atoms with E-state index in [0.717, 1.165) is 22.5 Å². The molecule has 1 saturated heterocycles. The van der Waals surface area contributed by atoms with Crippen LogP contribution in [0.15, 0.2) is 40.3 Å². The number of thioether (sulfide) groups is 1. The second-order valence-electron chi connectivity index (χ2n) is 8.57. The van der Waals surface area contributed by atoms with Gasteiger partial charge in [0.05, 0.1) is 5.57 Å². The maximum atomic E-state index is 12.2. The minimum absolute atomic E-state index is 0.0267. The Hall–Kier alpha value is -0.753. The number of carbonyl (C=O) groups excluding carboxylic acids is 1. The molecule has 1 amide bonds. The number of rotatable bonds is 6. The third-order valence-corrected chi connectivity index (χ3v) is 11.4. The predicted molar refractivity (Wildman–Crippen MR) is 114 cm³/mol. The van der Waals surface area contributed by atoms with Crippen molar-refractivity contribution in [3.63, 3.8) is 0 Å². The summed E-state index contributed by atoms with van der Waals surface area (Å²) in [6, 6.07) is 7.76. The normalized spacial score (nSPS) is 20.6. The van der Waals surface area contributed by atoms with Crippen molar-refractivity contribution in [2.24, 2.45) is 0 Å². The van der Waals surface area contributed by atoms with E-state index < -0.39 is 13.2 Å². The second-order valence-corrected chi connectivity index (χ2v) is 15.2. The molecular weight excluding hydrogens is 382 g/mol. The first kappa shape index (κ1) is 21.5. The Balaban J connectivity index is 2.19. The lowest BCUT2D eigenvalue weighted by atomic mass is 9.90. The van der Waals surface area contributed by atoms with E-state index in [4.69, 9.17) is 16.0 Å². The van der Waals surface area contributed by atoms with Gasteiger partial charge in [-0.1, -0.05) is 49.7 Å². The molecule has 144 valence electrons. The highest BCUT2D eigenvalue weighted by Gasteiger charge is 2.50. The molecule has 26 heavy (non-hydrogen) atoms. The fourth-order valence-corrected chi connectivity index (χ4v) is 5.32. The van der Waals surface area contributed by atoms with Crippen LogP contribution in [0, 0.1) is 0 Å². The number of amides is 1. The summed E-state index contributed by atoms with van der Waals surface area (Å²) in [6.45, 7) is 15.9. The Morgan fingerprint density at radius 2 is 1.81 bits per heavy atom. The van der Waals surface area contributed by atoms with Crippen molar-refractivity contribution in [1.29, 1.82) is 0 Å². The van der Waals surface area contributed by atoms with E-state index in [1.54, 1.807) is 11.8 Å². The average Bonchev–Trinajstić information content (AvgIpc) is 2.46. The number of carbonyl (C=O) groups is 1. The van der Waals surface area contributed by atoms with E-state index in [9.17, 15) is 4.79 Å². The number of nitrogens with one attached hydrogen (secondary N) is 1. The van der Waals surface area contributed by atoms with Gasteiger partial charge in [-0.25, -0.2) is 0 Å². The first-order valence-electron chi connectivity index (χ1n) is 8.97. The van der Waals surface area contributed by atoms with E-state index in [0.29, 0.717) is 11.6 Å². The molecule has 0 saturated carbocycles. The maximum absolute atomic E-state index is 12.2. The summed E-state index contributed by atoms with van der Waals surface area (Å²) < 4.78 is 6.38. The number of β-lactam (4-membered cyclic amide) rings is 1. The van der Waals surface area contributed by atoms with Gasteiger partial charge in [0, 0.05) is 22.9 Å². The fraction of sp³-hybridized carbons (Fsp3) is 0.550. The van der Waals surface area contributed by atoms with Crippen molar-refractivity contribution in [2.75, 3.05) is 6.61 Å². The van der Waals surface area contributed by atoms with Crippen molar-refractivity contribution in [3.8, 4) is 0 Å². The molecule has 2 rings (SSSR count). The molecule has 0 aliphatic carbocycles. The van der Waals surface area contributed by atoms with E-state index in [1.807, 2.05) is 38.1 Å². The molecule has 1 aromatic carbocycles. The van der Waals surface area contributed by atoms with Gasteiger partial charge in [-0.2, -0.15) is 0 Å². The fourth-order valence-electron chi connectivity index (χ4n) is 2.75. The van der Waals surface area contributed by atoms with Crippen LogP contribution in [-0.4, -0.2) is 25.7 Å². The lowest BCUT2D eigenvalue weighted by Gasteiger charge is -2.46. The molecule has 1 fully saturated rings. The minimum Gasteiger partial charge on any atom is -0.417 e. The number of halogens is 1. The Morgan fingerprint density at radius 3 is 2.27 bits per heavy atom. The van der Waals surface area contributed by atoms with Gasteiger partial charge in [0.25, 0.3) is 5.91 Å². The highest BCUT2D eigenvalue weighted by molar-refractivity contribution is 8.01. The molecular formula is C20H30ClNO2SSi. The lowest BCUT2D eigenvalue weighted by molar-refractivity contribution is -0.123. The molecule has 1 atom stereocenters. The van der Waals surface area contributed by atoms with E-state index >= 15 is 0 Å². The smallest absolute Gasteiger partial charge is 0.251 e. The van der Waals surface area contributed by atoms with Crippen LogP contribution < -0.4 is 5.32 Å². The number of benzene rings is 1. The third-order valence-electron chi connectivity index (χ3n) is 5.28. The zero-order chi connectivity index (χ0) is 19.8. The average molecular weight is 412 g/mol. The molecule has 1 aliphatic rings. The van der Waals surface area contributed by atoms with Crippen LogP contribution in [-0.2, 0) is 9.22 Å². The molecule has 0 bridgehead atoms. The topological polar surface area (TPSA) is 38.3 Å². The standard InChI is InChI=1S/C20H30ClNO2SSi/c1-14(2)17-18(23)22-20(17,25-16-10-8-15(21)9-11-16)12-13-24-26(6,7)19(3,4)5/h8-11H,12-13H2,1-7H3,(H,22,23). The van der Waals surface area contributed by atoms with Crippen LogP contribution in [0.25, 0.3) is 0 Å². The Kier molecular flexibility index (Phi) is 6.38. The maximum Gasteiger partial charge on any atom is 0.251 e. The molecule has 6 heteroatoms. The molecule has 1 aromatic rings. The highest BCUT2D eigenvalue weighted by Crippen LogP contribution is 2.47. The van der Waals surface area contributed by atoms with Gasteiger partial charge in [0.1, 0.15) is 4.87 Å². The highest BCUT2D eigenvalue weighted by atomic mass is 35.5. The van der Waals surface area contributed by atoms with Gasteiger partial charge in [0.2, 0.25) is 0 Å². The summed E-state index contributed by atoms with van der Waals surface area (Å²) in [5, 5.41) is 4.03. The zero-order valence-corrected chi connectivity index (χ0v) is 19.4. The number of hydrogen-bond acceptors (Lipinski definition) is 3. The van der Waals surface area contributed by atoms with Crippen LogP contribution in [0.4, 0.5) is 0 Å². The van der Waals surface area contributed by atoms with Crippen LogP contribution >= 0.6 is 23.4 Å². The van der Waals surface area contributed by atoms with Crippen LogP contribution in [0.5, 0.6) is 0 Å². The van der Waals surface area contributed by atoms with Crippen molar-refractivity contribution >= 4 is 37.6 Å². The molecule has 1 unspecified atom stereocenters. The first-order chi connectivity index (χ1) is 11.9. The minimum atomic E-state index is -1.81. The quantitative estimate of drug-likeness (QED) is 0.354. The van der Waals surface area contributed by atoms with Crippen LogP contribution in [0.2, 0.25) is 23.2 Å². The number of hydrogen-bond donors (Lipinski definition) is 1. The monoisotopic (exact) mass is 411 g/mol. The van der Waals surface area contributed by atoms with Crippen molar-refractivity contribution < 1.29 is 9.22 Å². The Morgan fingerprint density at radius 1 is 1.23 bits per heavy atom. The van der Waals surface area contributed by atoms with E-state index in [-0.39, 0.29) is 10.9 Å².